The Bertz CT molecular complexity index is 173. The number of nitrogens with one attached hydrogen (secondary N) is 1. The van der Waals surface area contributed by atoms with E-state index in [1.807, 2.05) is 6.92 Å². The first kappa shape index (κ1) is 14.4. The van der Waals surface area contributed by atoms with Gasteiger partial charge in [0.2, 0.25) is 5.91 Å². The van der Waals surface area contributed by atoms with E-state index >= 15 is 0 Å². The Morgan fingerprint density at radius 2 is 2.00 bits per heavy atom. The van der Waals surface area contributed by atoms with E-state index in [9.17, 15) is 4.79 Å². The van der Waals surface area contributed by atoms with E-state index in [2.05, 4.69) is 12.2 Å². The van der Waals surface area contributed by atoms with Gasteiger partial charge >= 0.3 is 0 Å². The van der Waals surface area contributed by atoms with Crippen LogP contribution in [0.4, 0.5) is 0 Å². The third-order valence-electron chi connectivity index (χ3n) is 2.42. The molecule has 1 amide bonds. The van der Waals surface area contributed by atoms with Crippen LogP contribution in [0.2, 0.25) is 0 Å². The van der Waals surface area contributed by atoms with Crippen molar-refractivity contribution in [1.29, 1.82) is 0 Å². The van der Waals surface area contributed by atoms with Crippen molar-refractivity contribution in [2.75, 3.05) is 6.54 Å². The van der Waals surface area contributed by atoms with Crippen LogP contribution in [0.5, 0.6) is 0 Å². The first-order valence-electron chi connectivity index (χ1n) is 5.87. The normalized spacial score (nSPS) is 14.7. The molecule has 0 aliphatic rings. The molecule has 90 valence electrons. The van der Waals surface area contributed by atoms with Gasteiger partial charge in [-0.05, 0) is 32.7 Å². The molecular weight excluding hydrogens is 190 g/mol. The molecule has 5 N–H and O–H groups in total. The van der Waals surface area contributed by atoms with Crippen LogP contribution in [0, 0.1) is 0 Å². The van der Waals surface area contributed by atoms with Crippen LogP contribution in [-0.4, -0.2) is 24.5 Å². The van der Waals surface area contributed by atoms with Crippen LogP contribution in [0.15, 0.2) is 0 Å². The summed E-state index contributed by atoms with van der Waals surface area (Å²) in [5, 5.41) is 2.91. The first-order chi connectivity index (χ1) is 7.11. The summed E-state index contributed by atoms with van der Waals surface area (Å²) < 4.78 is 0. The smallest absolute Gasteiger partial charge is 0.237 e. The lowest BCUT2D eigenvalue weighted by atomic mass is 10.1. The van der Waals surface area contributed by atoms with E-state index in [0.717, 1.165) is 32.1 Å². The predicted octanol–water partition coefficient (Wildman–Crippen LogP) is 0.748. The number of unbranched alkanes of at least 4 members (excludes halogenated alkanes) is 1. The minimum Gasteiger partial charge on any atom is -0.352 e. The summed E-state index contributed by atoms with van der Waals surface area (Å²) in [6, 6.07) is -0.154. The van der Waals surface area contributed by atoms with Gasteiger partial charge in [0.05, 0.1) is 6.04 Å². The van der Waals surface area contributed by atoms with Crippen molar-refractivity contribution in [3.8, 4) is 0 Å². The molecule has 0 saturated carbocycles. The third kappa shape index (κ3) is 7.33. The molecule has 2 atom stereocenters. The van der Waals surface area contributed by atoms with E-state index in [1.165, 1.54) is 0 Å². The number of hydrogen-bond donors (Lipinski definition) is 3. The van der Waals surface area contributed by atoms with Crippen LogP contribution in [0.3, 0.4) is 0 Å². The molecule has 0 fully saturated rings. The fourth-order valence-corrected chi connectivity index (χ4v) is 1.49. The average Bonchev–Trinajstić information content (AvgIpc) is 2.18. The summed E-state index contributed by atoms with van der Waals surface area (Å²) in [5.74, 6) is -0.0343. The highest BCUT2D eigenvalue weighted by atomic mass is 16.2. The number of hydrogen-bond acceptors (Lipinski definition) is 3. The Balaban J connectivity index is 3.68. The minimum absolute atomic E-state index is 0.0343. The van der Waals surface area contributed by atoms with E-state index in [0.29, 0.717) is 6.54 Å². The Hall–Kier alpha value is -0.610. The van der Waals surface area contributed by atoms with Crippen LogP contribution in [0.25, 0.3) is 0 Å². The van der Waals surface area contributed by atoms with Gasteiger partial charge in [-0.1, -0.05) is 19.8 Å². The van der Waals surface area contributed by atoms with Crippen molar-refractivity contribution in [3.05, 3.63) is 0 Å². The van der Waals surface area contributed by atoms with Crippen molar-refractivity contribution in [1.82, 2.24) is 5.32 Å². The minimum atomic E-state index is -0.379. The second kappa shape index (κ2) is 8.68. The lowest BCUT2D eigenvalue weighted by molar-refractivity contribution is -0.123. The number of rotatable bonds is 8. The largest absolute Gasteiger partial charge is 0.352 e. The molecular formula is C11H25N3O. The van der Waals surface area contributed by atoms with Gasteiger partial charge in [-0.15, -0.1) is 0 Å². The van der Waals surface area contributed by atoms with Gasteiger partial charge < -0.3 is 16.8 Å². The van der Waals surface area contributed by atoms with E-state index < -0.39 is 0 Å². The topological polar surface area (TPSA) is 81.1 Å². The van der Waals surface area contributed by atoms with Gasteiger partial charge in [0.15, 0.2) is 0 Å². The van der Waals surface area contributed by atoms with E-state index in [1.54, 1.807) is 0 Å². The third-order valence-corrected chi connectivity index (χ3v) is 2.42. The molecule has 0 saturated heterocycles. The van der Waals surface area contributed by atoms with Gasteiger partial charge in [-0.2, -0.15) is 0 Å². The standard InChI is InChI=1S/C11H25N3O/c1-3-6-9(2)14-11(15)10(13)7-4-5-8-12/h9-10H,3-8,12-13H2,1-2H3,(H,14,15)/t9-,10?/m0/s1. The van der Waals surface area contributed by atoms with Crippen molar-refractivity contribution < 1.29 is 4.79 Å². The maximum absolute atomic E-state index is 11.6. The Kier molecular flexibility index (Phi) is 8.33. The fourth-order valence-electron chi connectivity index (χ4n) is 1.49. The van der Waals surface area contributed by atoms with Crippen molar-refractivity contribution in [2.45, 2.75) is 58.0 Å². The van der Waals surface area contributed by atoms with Gasteiger partial charge in [0.25, 0.3) is 0 Å². The lowest BCUT2D eigenvalue weighted by Gasteiger charge is -2.16. The lowest BCUT2D eigenvalue weighted by Crippen LogP contribution is -2.44. The molecule has 4 nitrogen and oxygen atoms in total. The highest BCUT2D eigenvalue weighted by Gasteiger charge is 2.14. The highest BCUT2D eigenvalue weighted by Crippen LogP contribution is 2.00. The van der Waals surface area contributed by atoms with Crippen molar-refractivity contribution >= 4 is 5.91 Å². The second-order valence-electron chi connectivity index (χ2n) is 4.09. The Morgan fingerprint density at radius 3 is 2.53 bits per heavy atom. The molecule has 0 aliphatic carbocycles. The first-order valence-corrected chi connectivity index (χ1v) is 5.87. The molecule has 0 rings (SSSR count). The molecule has 1 unspecified atom stereocenters. The molecule has 4 heteroatoms. The number of nitrogens with two attached hydrogens (primary N) is 2. The van der Waals surface area contributed by atoms with Gasteiger partial charge in [0.1, 0.15) is 0 Å². The number of carbonyl (C=O) groups is 1. The summed E-state index contributed by atoms with van der Waals surface area (Å²) in [6.07, 6.45) is 4.66. The molecule has 0 aliphatic heterocycles. The molecule has 0 spiro atoms. The molecule has 15 heavy (non-hydrogen) atoms. The summed E-state index contributed by atoms with van der Waals surface area (Å²) >= 11 is 0. The van der Waals surface area contributed by atoms with Gasteiger partial charge in [0, 0.05) is 6.04 Å². The molecule has 0 radical (unpaired) electrons. The average molecular weight is 215 g/mol. The molecule has 0 bridgehead atoms. The summed E-state index contributed by atoms with van der Waals surface area (Å²) in [5.41, 5.74) is 11.1. The molecule has 0 aromatic heterocycles. The fraction of sp³-hybridized carbons (Fsp3) is 0.909. The van der Waals surface area contributed by atoms with Gasteiger partial charge in [-0.3, -0.25) is 4.79 Å². The monoisotopic (exact) mass is 215 g/mol. The van der Waals surface area contributed by atoms with E-state index in [-0.39, 0.29) is 18.0 Å². The summed E-state index contributed by atoms with van der Waals surface area (Å²) in [4.78, 5) is 11.6. The quantitative estimate of drug-likeness (QED) is 0.523. The predicted molar refractivity (Wildman–Crippen MR) is 63.4 cm³/mol. The van der Waals surface area contributed by atoms with Crippen LogP contribution in [0.1, 0.15) is 46.0 Å². The zero-order chi connectivity index (χ0) is 11.7. The number of carbonyl (C=O) groups excluding carboxylic acids is 1. The summed E-state index contributed by atoms with van der Waals surface area (Å²) in [6.45, 7) is 4.78. The Labute approximate surface area is 92.8 Å². The van der Waals surface area contributed by atoms with Crippen LogP contribution in [-0.2, 0) is 4.79 Å². The van der Waals surface area contributed by atoms with E-state index in [4.69, 9.17) is 11.5 Å². The Morgan fingerprint density at radius 1 is 1.33 bits per heavy atom. The zero-order valence-electron chi connectivity index (χ0n) is 9.96. The molecule has 0 aromatic rings. The van der Waals surface area contributed by atoms with Crippen molar-refractivity contribution in [2.24, 2.45) is 11.5 Å². The number of amides is 1. The van der Waals surface area contributed by atoms with Crippen LogP contribution < -0.4 is 16.8 Å². The highest BCUT2D eigenvalue weighted by molar-refractivity contribution is 5.81. The maximum atomic E-state index is 11.6. The zero-order valence-corrected chi connectivity index (χ0v) is 9.96. The van der Waals surface area contributed by atoms with Gasteiger partial charge in [-0.25, -0.2) is 0 Å². The second-order valence-corrected chi connectivity index (χ2v) is 4.09. The summed E-state index contributed by atoms with van der Waals surface area (Å²) in [7, 11) is 0. The maximum Gasteiger partial charge on any atom is 0.237 e. The molecule has 0 aromatic carbocycles. The van der Waals surface area contributed by atoms with Crippen LogP contribution >= 0.6 is 0 Å². The SMILES string of the molecule is CCC[C@H](C)NC(=O)C(N)CCCCN. The molecule has 0 heterocycles. The van der Waals surface area contributed by atoms with Crippen molar-refractivity contribution in [3.63, 3.8) is 0 Å².